The van der Waals surface area contributed by atoms with Crippen molar-refractivity contribution in [2.24, 2.45) is 11.8 Å². The third-order valence-corrected chi connectivity index (χ3v) is 5.89. The third kappa shape index (κ3) is 3.40. The Kier molecular flexibility index (Phi) is 4.82. The van der Waals surface area contributed by atoms with E-state index in [-0.39, 0.29) is 0 Å². The highest BCUT2D eigenvalue weighted by molar-refractivity contribution is 9.10. The van der Waals surface area contributed by atoms with Crippen LogP contribution in [0, 0.1) is 11.8 Å². The van der Waals surface area contributed by atoms with Crippen molar-refractivity contribution in [3.8, 4) is 0 Å². The van der Waals surface area contributed by atoms with E-state index in [1.54, 1.807) is 0 Å². The van der Waals surface area contributed by atoms with Gasteiger partial charge in [-0.25, -0.2) is 0 Å². The maximum Gasteiger partial charge on any atom is 0.0648 e. The smallest absolute Gasteiger partial charge is 0.0648 e. The number of piperidine rings is 1. The number of halogens is 2. The molecule has 0 spiro atoms. The molecule has 1 aromatic carbocycles. The zero-order valence-electron chi connectivity index (χ0n) is 12.8. The third-order valence-electron chi connectivity index (χ3n) is 5.09. The van der Waals surface area contributed by atoms with Gasteiger partial charge in [0.15, 0.2) is 0 Å². The Morgan fingerprint density at radius 2 is 1.90 bits per heavy atom. The number of hydrogen-bond donors (Lipinski definition) is 1. The van der Waals surface area contributed by atoms with E-state index < -0.39 is 0 Å². The van der Waals surface area contributed by atoms with Crippen molar-refractivity contribution in [3.05, 3.63) is 27.7 Å². The lowest BCUT2D eigenvalue weighted by molar-refractivity contribution is 0.0518. The highest BCUT2D eigenvalue weighted by Gasteiger charge is 2.40. The Morgan fingerprint density at radius 3 is 2.48 bits per heavy atom. The predicted molar refractivity (Wildman–Crippen MR) is 94.1 cm³/mol. The number of nitrogens with zero attached hydrogens (tertiary/aromatic N) is 1. The summed E-state index contributed by atoms with van der Waals surface area (Å²) in [4.78, 5) is 2.65. The van der Waals surface area contributed by atoms with Crippen LogP contribution >= 0.6 is 27.5 Å². The highest BCUT2D eigenvalue weighted by atomic mass is 79.9. The van der Waals surface area contributed by atoms with Gasteiger partial charge in [-0.3, -0.25) is 0 Å². The molecule has 116 valence electrons. The van der Waals surface area contributed by atoms with Gasteiger partial charge in [-0.2, -0.15) is 0 Å². The molecule has 1 aromatic rings. The normalized spacial score (nSPS) is 29.7. The molecule has 2 unspecified atom stereocenters. The molecule has 4 heteroatoms. The molecule has 0 radical (unpaired) electrons. The van der Waals surface area contributed by atoms with Crippen molar-refractivity contribution >= 4 is 33.2 Å². The lowest BCUT2D eigenvalue weighted by Crippen LogP contribution is -2.56. The molecular formula is C17H24BrClN2. The van der Waals surface area contributed by atoms with Gasteiger partial charge in [-0.05, 0) is 56.7 Å². The fourth-order valence-corrected chi connectivity index (χ4v) is 4.64. The molecule has 0 amide bonds. The minimum Gasteiger partial charge on any atom is -0.380 e. The minimum atomic E-state index is 0.576. The second kappa shape index (κ2) is 6.47. The molecule has 1 heterocycles. The second-order valence-electron chi connectivity index (χ2n) is 6.79. The molecule has 2 nitrogen and oxygen atoms in total. The van der Waals surface area contributed by atoms with Gasteiger partial charge in [0.1, 0.15) is 0 Å². The Hall–Kier alpha value is -0.250. The molecule has 2 bridgehead atoms. The molecule has 1 aliphatic carbocycles. The fourth-order valence-electron chi connectivity index (χ4n) is 3.92. The Morgan fingerprint density at radius 1 is 1.24 bits per heavy atom. The van der Waals surface area contributed by atoms with E-state index in [9.17, 15) is 0 Å². The maximum atomic E-state index is 6.38. The average molecular weight is 372 g/mol. The SMILES string of the molecule is CC(C)N1CC2CCCC(C1)C2Nc1ccc(Br)cc1Cl. The lowest BCUT2D eigenvalue weighted by atomic mass is 9.73. The molecule has 1 saturated carbocycles. The average Bonchev–Trinajstić information content (AvgIpc) is 2.41. The summed E-state index contributed by atoms with van der Waals surface area (Å²) >= 11 is 9.86. The van der Waals surface area contributed by atoms with Crippen LogP contribution in [0.5, 0.6) is 0 Å². The fraction of sp³-hybridized carbons (Fsp3) is 0.647. The molecule has 3 rings (SSSR count). The molecule has 1 N–H and O–H groups in total. The number of rotatable bonds is 3. The summed E-state index contributed by atoms with van der Waals surface area (Å²) in [6, 6.07) is 7.37. The highest BCUT2D eigenvalue weighted by Crippen LogP contribution is 2.38. The van der Waals surface area contributed by atoms with E-state index in [2.05, 4.69) is 52.1 Å². The summed E-state index contributed by atoms with van der Waals surface area (Å²) in [5.74, 6) is 1.50. The summed E-state index contributed by atoms with van der Waals surface area (Å²) in [5.41, 5.74) is 1.08. The minimum absolute atomic E-state index is 0.576. The Bertz CT molecular complexity index is 492. The topological polar surface area (TPSA) is 15.3 Å². The van der Waals surface area contributed by atoms with Crippen LogP contribution in [-0.2, 0) is 0 Å². The van der Waals surface area contributed by atoms with Gasteiger partial charge in [0.25, 0.3) is 0 Å². The predicted octanol–water partition coefficient (Wildman–Crippen LogP) is 5.02. The number of anilines is 1. The summed E-state index contributed by atoms with van der Waals surface area (Å²) in [5, 5.41) is 4.57. The van der Waals surface area contributed by atoms with Crippen molar-refractivity contribution in [2.45, 2.75) is 45.2 Å². The van der Waals surface area contributed by atoms with Crippen LogP contribution in [0.1, 0.15) is 33.1 Å². The molecule has 2 fully saturated rings. The standard InChI is InChI=1S/C17H24BrClN2/c1-11(2)21-9-12-4-3-5-13(10-21)17(12)20-16-7-6-14(18)8-15(16)19/h6-8,11-13,17,20H,3-5,9-10H2,1-2H3. The van der Waals surface area contributed by atoms with Crippen LogP contribution in [0.4, 0.5) is 5.69 Å². The number of fused-ring (bicyclic) bond motifs is 2. The molecule has 2 aliphatic rings. The zero-order valence-corrected chi connectivity index (χ0v) is 15.1. The number of benzene rings is 1. The van der Waals surface area contributed by atoms with Crippen LogP contribution < -0.4 is 5.32 Å². The first-order valence-electron chi connectivity index (χ1n) is 8.00. The number of hydrogen-bond acceptors (Lipinski definition) is 2. The zero-order chi connectivity index (χ0) is 15.0. The summed E-state index contributed by atoms with van der Waals surface area (Å²) in [6.45, 7) is 7.07. The van der Waals surface area contributed by atoms with Crippen LogP contribution in [0.3, 0.4) is 0 Å². The largest absolute Gasteiger partial charge is 0.380 e. The summed E-state index contributed by atoms with van der Waals surface area (Å²) in [7, 11) is 0. The van der Waals surface area contributed by atoms with Gasteiger partial charge < -0.3 is 10.2 Å². The molecular weight excluding hydrogens is 348 g/mol. The molecule has 1 saturated heterocycles. The summed E-state index contributed by atoms with van der Waals surface area (Å²) < 4.78 is 1.04. The van der Waals surface area contributed by atoms with E-state index in [0.717, 1.165) is 27.0 Å². The van der Waals surface area contributed by atoms with Gasteiger partial charge in [0.05, 0.1) is 10.7 Å². The lowest BCUT2D eigenvalue weighted by Gasteiger charge is -2.49. The van der Waals surface area contributed by atoms with E-state index >= 15 is 0 Å². The molecule has 21 heavy (non-hydrogen) atoms. The van der Waals surface area contributed by atoms with E-state index in [4.69, 9.17) is 11.6 Å². The second-order valence-corrected chi connectivity index (χ2v) is 8.12. The van der Waals surface area contributed by atoms with Crippen LogP contribution in [0.2, 0.25) is 5.02 Å². The first kappa shape index (κ1) is 15.6. The number of nitrogens with one attached hydrogen (secondary N) is 1. The Balaban J connectivity index is 1.76. The maximum absolute atomic E-state index is 6.38. The van der Waals surface area contributed by atoms with Crippen LogP contribution in [-0.4, -0.2) is 30.1 Å². The van der Waals surface area contributed by atoms with E-state index in [1.807, 2.05) is 6.07 Å². The van der Waals surface area contributed by atoms with Crippen molar-refractivity contribution in [1.82, 2.24) is 4.90 Å². The van der Waals surface area contributed by atoms with Crippen molar-refractivity contribution in [3.63, 3.8) is 0 Å². The van der Waals surface area contributed by atoms with Gasteiger partial charge in [-0.15, -0.1) is 0 Å². The van der Waals surface area contributed by atoms with Crippen molar-refractivity contribution in [1.29, 1.82) is 0 Å². The monoisotopic (exact) mass is 370 g/mol. The van der Waals surface area contributed by atoms with Crippen LogP contribution in [0.25, 0.3) is 0 Å². The Labute approximate surface area is 141 Å². The quantitative estimate of drug-likeness (QED) is 0.802. The molecule has 1 aliphatic heterocycles. The van der Waals surface area contributed by atoms with Crippen LogP contribution in [0.15, 0.2) is 22.7 Å². The van der Waals surface area contributed by atoms with Gasteiger partial charge in [0, 0.05) is 29.6 Å². The first-order valence-corrected chi connectivity index (χ1v) is 9.17. The first-order chi connectivity index (χ1) is 10.0. The number of likely N-dealkylation sites (tertiary alicyclic amines) is 1. The van der Waals surface area contributed by atoms with E-state index in [0.29, 0.717) is 12.1 Å². The summed E-state index contributed by atoms with van der Waals surface area (Å²) in [6.07, 6.45) is 4.06. The van der Waals surface area contributed by atoms with Gasteiger partial charge in [-0.1, -0.05) is 34.0 Å². The molecule has 0 aromatic heterocycles. The van der Waals surface area contributed by atoms with E-state index in [1.165, 1.54) is 32.4 Å². The van der Waals surface area contributed by atoms with Crippen molar-refractivity contribution < 1.29 is 0 Å². The van der Waals surface area contributed by atoms with Gasteiger partial charge in [0.2, 0.25) is 0 Å². The van der Waals surface area contributed by atoms with Gasteiger partial charge >= 0.3 is 0 Å². The molecule has 2 atom stereocenters. The van der Waals surface area contributed by atoms with Crippen molar-refractivity contribution in [2.75, 3.05) is 18.4 Å².